The Balaban J connectivity index is 1.46. The van der Waals surface area contributed by atoms with Crippen LogP contribution < -0.4 is 10.1 Å². The third kappa shape index (κ3) is 4.94. The van der Waals surface area contributed by atoms with E-state index in [1.165, 1.54) is 12.8 Å². The number of nitrogens with zero attached hydrogens (tertiary/aromatic N) is 2. The fourth-order valence-corrected chi connectivity index (χ4v) is 3.09. The molecular formula is C19H27N3O3. The molecule has 1 saturated heterocycles. The molecule has 25 heavy (non-hydrogen) atoms. The highest BCUT2D eigenvalue weighted by Gasteiger charge is 2.33. The van der Waals surface area contributed by atoms with E-state index in [0.29, 0.717) is 31.3 Å². The Morgan fingerprint density at radius 2 is 2.16 bits per heavy atom. The largest absolute Gasteiger partial charge is 0.477 e. The first-order valence-corrected chi connectivity index (χ1v) is 9.32. The Kier molecular flexibility index (Phi) is 5.89. The SMILES string of the molecule is CCCC(=O)N1CCCC1C(=O)NCc1ccc(OCC2CC2)nc1. The Morgan fingerprint density at radius 3 is 2.84 bits per heavy atom. The van der Waals surface area contributed by atoms with Crippen LogP contribution in [0.4, 0.5) is 0 Å². The summed E-state index contributed by atoms with van der Waals surface area (Å²) < 4.78 is 5.61. The number of aromatic nitrogens is 1. The van der Waals surface area contributed by atoms with Crippen molar-refractivity contribution in [1.82, 2.24) is 15.2 Å². The van der Waals surface area contributed by atoms with Crippen molar-refractivity contribution in [3.63, 3.8) is 0 Å². The van der Waals surface area contributed by atoms with Crippen molar-refractivity contribution in [3.05, 3.63) is 23.9 Å². The van der Waals surface area contributed by atoms with Crippen LogP contribution in [-0.4, -0.2) is 40.9 Å². The van der Waals surface area contributed by atoms with E-state index in [1.807, 2.05) is 19.1 Å². The van der Waals surface area contributed by atoms with E-state index in [0.717, 1.165) is 31.4 Å². The van der Waals surface area contributed by atoms with Gasteiger partial charge < -0.3 is 15.0 Å². The zero-order valence-corrected chi connectivity index (χ0v) is 14.9. The molecule has 2 fully saturated rings. The van der Waals surface area contributed by atoms with Gasteiger partial charge in [-0.1, -0.05) is 13.0 Å². The van der Waals surface area contributed by atoms with Crippen LogP contribution in [0.3, 0.4) is 0 Å². The summed E-state index contributed by atoms with van der Waals surface area (Å²) in [5.41, 5.74) is 0.927. The normalized spacial score (nSPS) is 19.7. The van der Waals surface area contributed by atoms with Gasteiger partial charge in [-0.15, -0.1) is 0 Å². The van der Waals surface area contributed by atoms with Crippen LogP contribution >= 0.6 is 0 Å². The zero-order valence-electron chi connectivity index (χ0n) is 14.9. The lowest BCUT2D eigenvalue weighted by atomic mass is 10.2. The third-order valence-corrected chi connectivity index (χ3v) is 4.77. The maximum Gasteiger partial charge on any atom is 0.243 e. The summed E-state index contributed by atoms with van der Waals surface area (Å²) in [6.07, 6.45) is 7.19. The summed E-state index contributed by atoms with van der Waals surface area (Å²) in [5.74, 6) is 1.34. The molecule has 0 radical (unpaired) electrons. The maximum atomic E-state index is 12.4. The molecule has 1 atom stereocenters. The van der Waals surface area contributed by atoms with Gasteiger partial charge in [0.05, 0.1) is 6.61 Å². The number of nitrogens with one attached hydrogen (secondary N) is 1. The first kappa shape index (κ1) is 17.7. The number of carbonyl (C=O) groups excluding carboxylic acids is 2. The fraction of sp³-hybridized carbons (Fsp3) is 0.632. The van der Waals surface area contributed by atoms with Gasteiger partial charge in [0.25, 0.3) is 0 Å². The smallest absolute Gasteiger partial charge is 0.243 e. The summed E-state index contributed by atoms with van der Waals surface area (Å²) >= 11 is 0. The average molecular weight is 345 g/mol. The van der Waals surface area contributed by atoms with Crippen molar-refractivity contribution < 1.29 is 14.3 Å². The zero-order chi connectivity index (χ0) is 17.6. The Morgan fingerprint density at radius 1 is 1.32 bits per heavy atom. The number of hydrogen-bond donors (Lipinski definition) is 1. The van der Waals surface area contributed by atoms with Crippen LogP contribution in [0, 0.1) is 5.92 Å². The standard InChI is InChI=1S/C19H27N3O3/c1-2-4-18(23)22-10-3-5-16(22)19(24)21-12-15-8-9-17(20-11-15)25-13-14-6-7-14/h8-9,11,14,16H,2-7,10,12-13H2,1H3,(H,21,24). The lowest BCUT2D eigenvalue weighted by Gasteiger charge is -2.23. The molecule has 1 aromatic heterocycles. The van der Waals surface area contributed by atoms with Gasteiger partial charge in [-0.3, -0.25) is 9.59 Å². The first-order valence-electron chi connectivity index (χ1n) is 9.32. The molecule has 2 aliphatic rings. The quantitative estimate of drug-likeness (QED) is 0.785. The van der Waals surface area contributed by atoms with Gasteiger partial charge in [0.1, 0.15) is 6.04 Å². The summed E-state index contributed by atoms with van der Waals surface area (Å²) in [6, 6.07) is 3.44. The fourth-order valence-electron chi connectivity index (χ4n) is 3.09. The molecule has 3 rings (SSSR count). The molecule has 1 aromatic rings. The highest BCUT2D eigenvalue weighted by molar-refractivity contribution is 5.88. The molecule has 2 heterocycles. The van der Waals surface area contributed by atoms with Gasteiger partial charge in [-0.2, -0.15) is 0 Å². The molecule has 0 aromatic carbocycles. The van der Waals surface area contributed by atoms with Crippen molar-refractivity contribution in [3.8, 4) is 5.88 Å². The lowest BCUT2D eigenvalue weighted by molar-refractivity contribution is -0.138. The molecule has 1 aliphatic heterocycles. The van der Waals surface area contributed by atoms with Gasteiger partial charge in [-0.25, -0.2) is 4.98 Å². The minimum Gasteiger partial charge on any atom is -0.477 e. The number of likely N-dealkylation sites (tertiary alicyclic amines) is 1. The monoisotopic (exact) mass is 345 g/mol. The van der Waals surface area contributed by atoms with Gasteiger partial charge in [0, 0.05) is 31.8 Å². The first-order chi connectivity index (χ1) is 12.2. The lowest BCUT2D eigenvalue weighted by Crippen LogP contribution is -2.45. The minimum absolute atomic E-state index is 0.0731. The topological polar surface area (TPSA) is 71.5 Å². The molecule has 6 heteroatoms. The van der Waals surface area contributed by atoms with Crippen LogP contribution in [-0.2, 0) is 16.1 Å². The average Bonchev–Trinajstić information content (AvgIpc) is 3.32. The van der Waals surface area contributed by atoms with Crippen LogP contribution in [0.5, 0.6) is 5.88 Å². The van der Waals surface area contributed by atoms with Gasteiger partial charge >= 0.3 is 0 Å². The predicted molar refractivity (Wildman–Crippen MR) is 93.9 cm³/mol. The number of ether oxygens (including phenoxy) is 1. The van der Waals surface area contributed by atoms with Gasteiger partial charge in [-0.05, 0) is 43.6 Å². The van der Waals surface area contributed by atoms with Crippen molar-refractivity contribution in [2.24, 2.45) is 5.92 Å². The molecule has 1 N–H and O–H groups in total. The van der Waals surface area contributed by atoms with Crippen LogP contribution in [0.2, 0.25) is 0 Å². The van der Waals surface area contributed by atoms with E-state index < -0.39 is 0 Å². The summed E-state index contributed by atoms with van der Waals surface area (Å²) in [5, 5.41) is 2.93. The van der Waals surface area contributed by atoms with Gasteiger partial charge in [0.2, 0.25) is 17.7 Å². The number of hydrogen-bond acceptors (Lipinski definition) is 4. The summed E-state index contributed by atoms with van der Waals surface area (Å²) in [4.78, 5) is 30.6. The number of carbonyl (C=O) groups is 2. The van der Waals surface area contributed by atoms with Crippen molar-refractivity contribution >= 4 is 11.8 Å². The number of rotatable bonds is 8. The molecule has 1 aliphatic carbocycles. The second-order valence-corrected chi connectivity index (χ2v) is 6.97. The molecule has 2 amide bonds. The molecule has 1 unspecified atom stereocenters. The van der Waals surface area contributed by atoms with Crippen LogP contribution in [0.15, 0.2) is 18.3 Å². The Labute approximate surface area is 148 Å². The van der Waals surface area contributed by atoms with Crippen LogP contribution in [0.25, 0.3) is 0 Å². The van der Waals surface area contributed by atoms with E-state index in [-0.39, 0.29) is 17.9 Å². The molecule has 0 bridgehead atoms. The van der Waals surface area contributed by atoms with Crippen molar-refractivity contribution in [2.75, 3.05) is 13.2 Å². The van der Waals surface area contributed by atoms with Crippen LogP contribution in [0.1, 0.15) is 51.0 Å². The van der Waals surface area contributed by atoms with Crippen molar-refractivity contribution in [1.29, 1.82) is 0 Å². The Bertz CT molecular complexity index is 598. The molecule has 6 nitrogen and oxygen atoms in total. The van der Waals surface area contributed by atoms with E-state index in [4.69, 9.17) is 4.74 Å². The number of amides is 2. The summed E-state index contributed by atoms with van der Waals surface area (Å²) in [7, 11) is 0. The molecule has 136 valence electrons. The maximum absolute atomic E-state index is 12.4. The van der Waals surface area contributed by atoms with E-state index in [1.54, 1.807) is 11.1 Å². The molecule has 0 spiro atoms. The minimum atomic E-state index is -0.326. The van der Waals surface area contributed by atoms with Crippen molar-refractivity contribution in [2.45, 2.75) is 58.0 Å². The van der Waals surface area contributed by atoms with E-state index in [2.05, 4.69) is 10.3 Å². The molecular weight excluding hydrogens is 318 g/mol. The highest BCUT2D eigenvalue weighted by atomic mass is 16.5. The summed E-state index contributed by atoms with van der Waals surface area (Å²) in [6.45, 7) is 3.83. The second-order valence-electron chi connectivity index (χ2n) is 6.97. The predicted octanol–water partition coefficient (Wildman–Crippen LogP) is 2.28. The third-order valence-electron chi connectivity index (χ3n) is 4.77. The number of pyridine rings is 1. The highest BCUT2D eigenvalue weighted by Crippen LogP contribution is 2.29. The second kappa shape index (κ2) is 8.32. The Hall–Kier alpha value is -2.11. The van der Waals surface area contributed by atoms with Gasteiger partial charge in [0.15, 0.2) is 0 Å². The molecule has 1 saturated carbocycles. The van der Waals surface area contributed by atoms with E-state index in [9.17, 15) is 9.59 Å². The van der Waals surface area contributed by atoms with E-state index >= 15 is 0 Å².